The van der Waals surface area contributed by atoms with Gasteiger partial charge < -0.3 is 15.4 Å². The maximum Gasteiger partial charge on any atom is 0.471 e. The van der Waals surface area contributed by atoms with Gasteiger partial charge in [-0.1, -0.05) is 0 Å². The van der Waals surface area contributed by atoms with Crippen LogP contribution in [0.1, 0.15) is 19.8 Å². The van der Waals surface area contributed by atoms with Crippen LogP contribution in [-0.2, 0) is 14.3 Å². The zero-order chi connectivity index (χ0) is 13.8. The molecule has 0 bridgehead atoms. The molecule has 0 radical (unpaired) electrons. The lowest BCUT2D eigenvalue weighted by Crippen LogP contribution is -2.59. The molecule has 0 aliphatic carbocycles. The lowest BCUT2D eigenvalue weighted by Gasteiger charge is -2.31. The molecule has 2 unspecified atom stereocenters. The number of nitrogens with one attached hydrogen (secondary N) is 2. The molecule has 1 aliphatic heterocycles. The Kier molecular flexibility index (Phi) is 4.94. The summed E-state index contributed by atoms with van der Waals surface area (Å²) in [6.07, 6.45) is -4.06. The molecule has 1 rings (SSSR count). The molecular formula is C10H15F3N2O3. The Hall–Kier alpha value is -1.31. The number of amides is 1. The molecule has 2 atom stereocenters. The Morgan fingerprint density at radius 1 is 1.44 bits per heavy atom. The topological polar surface area (TPSA) is 67.4 Å². The predicted molar refractivity (Wildman–Crippen MR) is 55.6 cm³/mol. The summed E-state index contributed by atoms with van der Waals surface area (Å²) in [7, 11) is 0. The molecule has 0 aromatic carbocycles. The minimum atomic E-state index is -4.95. The fraction of sp³-hybridized carbons (Fsp3) is 0.800. The van der Waals surface area contributed by atoms with Crippen molar-refractivity contribution in [2.75, 3.05) is 13.2 Å². The first-order valence-electron chi connectivity index (χ1n) is 5.64. The van der Waals surface area contributed by atoms with Crippen molar-refractivity contribution in [3.63, 3.8) is 0 Å². The van der Waals surface area contributed by atoms with Crippen LogP contribution in [0.4, 0.5) is 13.2 Å². The second-order valence-electron chi connectivity index (χ2n) is 3.90. The zero-order valence-electron chi connectivity index (χ0n) is 9.84. The van der Waals surface area contributed by atoms with E-state index in [0.717, 1.165) is 0 Å². The summed E-state index contributed by atoms with van der Waals surface area (Å²) in [5.41, 5.74) is 0. The molecule has 1 fully saturated rings. The monoisotopic (exact) mass is 268 g/mol. The summed E-state index contributed by atoms with van der Waals surface area (Å²) >= 11 is 0. The number of esters is 1. The standard InChI is InChI=1S/C10H15F3N2O3/c1-2-18-8(16)7-6(4-3-5-14-7)15-9(17)10(11,12)13/h6-7,14H,2-5H2,1H3,(H,15,17). The van der Waals surface area contributed by atoms with Crippen LogP contribution in [0.15, 0.2) is 0 Å². The van der Waals surface area contributed by atoms with Crippen molar-refractivity contribution in [2.45, 2.75) is 38.0 Å². The van der Waals surface area contributed by atoms with Gasteiger partial charge in [-0.2, -0.15) is 13.2 Å². The summed E-state index contributed by atoms with van der Waals surface area (Å²) in [6.45, 7) is 2.24. The molecule has 1 heterocycles. The minimum absolute atomic E-state index is 0.136. The highest BCUT2D eigenvalue weighted by Crippen LogP contribution is 2.17. The Labute approximate surface area is 102 Å². The van der Waals surface area contributed by atoms with E-state index in [9.17, 15) is 22.8 Å². The van der Waals surface area contributed by atoms with E-state index in [-0.39, 0.29) is 6.61 Å². The van der Waals surface area contributed by atoms with Gasteiger partial charge in [0, 0.05) is 0 Å². The van der Waals surface area contributed by atoms with Crippen LogP contribution < -0.4 is 10.6 Å². The average Bonchev–Trinajstić information content (AvgIpc) is 2.28. The van der Waals surface area contributed by atoms with Crippen LogP contribution in [0.5, 0.6) is 0 Å². The number of alkyl halides is 3. The van der Waals surface area contributed by atoms with Crippen molar-refractivity contribution in [2.24, 2.45) is 0 Å². The quantitative estimate of drug-likeness (QED) is 0.725. The van der Waals surface area contributed by atoms with Crippen LogP contribution in [0.3, 0.4) is 0 Å². The summed E-state index contributed by atoms with van der Waals surface area (Å²) in [4.78, 5) is 22.4. The van der Waals surface area contributed by atoms with Gasteiger partial charge in [-0.3, -0.25) is 9.59 Å². The third kappa shape index (κ3) is 3.86. The second-order valence-corrected chi connectivity index (χ2v) is 3.90. The van der Waals surface area contributed by atoms with E-state index in [1.807, 2.05) is 5.32 Å². The SMILES string of the molecule is CCOC(=O)C1NCCCC1NC(=O)C(F)(F)F. The predicted octanol–water partition coefficient (Wildman–Crippen LogP) is 0.349. The summed E-state index contributed by atoms with van der Waals surface area (Å²) < 4.78 is 41.1. The minimum Gasteiger partial charge on any atom is -0.465 e. The molecule has 2 N–H and O–H groups in total. The number of piperidine rings is 1. The number of hydrogen-bond donors (Lipinski definition) is 2. The van der Waals surface area contributed by atoms with E-state index in [1.165, 1.54) is 0 Å². The highest BCUT2D eigenvalue weighted by atomic mass is 19.4. The van der Waals surface area contributed by atoms with Crippen molar-refractivity contribution in [3.8, 4) is 0 Å². The molecule has 0 spiro atoms. The first kappa shape index (κ1) is 14.7. The molecule has 0 aromatic rings. The number of hydrogen-bond acceptors (Lipinski definition) is 4. The molecule has 5 nitrogen and oxygen atoms in total. The highest BCUT2D eigenvalue weighted by Gasteiger charge is 2.42. The lowest BCUT2D eigenvalue weighted by atomic mass is 9.98. The van der Waals surface area contributed by atoms with Gasteiger partial charge >= 0.3 is 18.1 Å². The molecule has 18 heavy (non-hydrogen) atoms. The van der Waals surface area contributed by atoms with Gasteiger partial charge in [0.15, 0.2) is 0 Å². The molecule has 1 amide bonds. The van der Waals surface area contributed by atoms with Crippen LogP contribution in [0.25, 0.3) is 0 Å². The van der Waals surface area contributed by atoms with Crippen LogP contribution >= 0.6 is 0 Å². The summed E-state index contributed by atoms with van der Waals surface area (Å²) in [6, 6.07) is -1.82. The van der Waals surface area contributed by atoms with Gasteiger partial charge in [0.25, 0.3) is 0 Å². The lowest BCUT2D eigenvalue weighted by molar-refractivity contribution is -0.175. The van der Waals surface area contributed by atoms with Gasteiger partial charge in [0.1, 0.15) is 6.04 Å². The molecule has 0 saturated carbocycles. The Balaban J connectivity index is 2.65. The Morgan fingerprint density at radius 3 is 2.67 bits per heavy atom. The number of carbonyl (C=O) groups excluding carboxylic acids is 2. The van der Waals surface area contributed by atoms with Gasteiger partial charge in [0.05, 0.1) is 12.6 Å². The number of carbonyl (C=O) groups is 2. The van der Waals surface area contributed by atoms with Gasteiger partial charge in [0.2, 0.25) is 0 Å². The van der Waals surface area contributed by atoms with Crippen molar-refractivity contribution >= 4 is 11.9 Å². The van der Waals surface area contributed by atoms with E-state index in [0.29, 0.717) is 19.4 Å². The first-order valence-corrected chi connectivity index (χ1v) is 5.64. The first-order chi connectivity index (χ1) is 8.36. The van der Waals surface area contributed by atoms with Crippen LogP contribution in [0, 0.1) is 0 Å². The largest absolute Gasteiger partial charge is 0.471 e. The zero-order valence-corrected chi connectivity index (χ0v) is 9.84. The molecule has 0 aromatic heterocycles. The van der Waals surface area contributed by atoms with Gasteiger partial charge in [-0.05, 0) is 26.3 Å². The number of ether oxygens (including phenoxy) is 1. The smallest absolute Gasteiger partial charge is 0.465 e. The number of halogens is 3. The Morgan fingerprint density at radius 2 is 2.11 bits per heavy atom. The summed E-state index contributed by atoms with van der Waals surface area (Å²) in [5, 5.41) is 4.57. The van der Waals surface area contributed by atoms with E-state index in [1.54, 1.807) is 6.92 Å². The maximum absolute atomic E-state index is 12.1. The summed E-state index contributed by atoms with van der Waals surface area (Å²) in [5.74, 6) is -2.69. The van der Waals surface area contributed by atoms with Gasteiger partial charge in [-0.25, -0.2) is 0 Å². The van der Waals surface area contributed by atoms with Crippen molar-refractivity contribution in [1.29, 1.82) is 0 Å². The van der Waals surface area contributed by atoms with Crippen molar-refractivity contribution in [3.05, 3.63) is 0 Å². The van der Waals surface area contributed by atoms with Crippen LogP contribution in [-0.4, -0.2) is 43.3 Å². The average molecular weight is 268 g/mol. The van der Waals surface area contributed by atoms with Crippen molar-refractivity contribution in [1.82, 2.24) is 10.6 Å². The third-order valence-electron chi connectivity index (χ3n) is 2.57. The molecule has 104 valence electrons. The molecule has 8 heteroatoms. The maximum atomic E-state index is 12.1. The van der Waals surface area contributed by atoms with E-state index in [4.69, 9.17) is 4.74 Å². The third-order valence-corrected chi connectivity index (χ3v) is 2.57. The van der Waals surface area contributed by atoms with E-state index in [2.05, 4.69) is 5.32 Å². The van der Waals surface area contributed by atoms with E-state index < -0.39 is 30.1 Å². The Bertz CT molecular complexity index is 320. The van der Waals surface area contributed by atoms with Crippen molar-refractivity contribution < 1.29 is 27.5 Å². The molecular weight excluding hydrogens is 253 g/mol. The second kappa shape index (κ2) is 6.03. The van der Waals surface area contributed by atoms with Gasteiger partial charge in [-0.15, -0.1) is 0 Å². The highest BCUT2D eigenvalue weighted by molar-refractivity contribution is 5.84. The molecule has 1 aliphatic rings. The fourth-order valence-electron chi connectivity index (χ4n) is 1.77. The normalized spacial score (nSPS) is 24.4. The van der Waals surface area contributed by atoms with E-state index >= 15 is 0 Å². The van der Waals surface area contributed by atoms with Crippen LogP contribution in [0.2, 0.25) is 0 Å². The number of rotatable bonds is 3. The molecule has 1 saturated heterocycles. The fourth-order valence-corrected chi connectivity index (χ4v) is 1.77.